The van der Waals surface area contributed by atoms with Gasteiger partial charge in [-0.3, -0.25) is 4.79 Å². The molecule has 8 rings (SSSR count). The minimum absolute atomic E-state index is 0. The number of ketones is 1. The molecule has 0 saturated carbocycles. The number of hydrogen-bond acceptors (Lipinski definition) is 2. The molecule has 0 aliphatic heterocycles. The zero-order chi connectivity index (χ0) is 32.5. The fourth-order valence-corrected chi connectivity index (χ4v) is 10.5. The maximum atomic E-state index is 12.1. The summed E-state index contributed by atoms with van der Waals surface area (Å²) in [5.41, 5.74) is 11.2. The van der Waals surface area contributed by atoms with Gasteiger partial charge >= 0.3 is 0 Å². The Bertz CT molecular complexity index is 2190. The van der Waals surface area contributed by atoms with E-state index < -0.39 is 0 Å². The Balaban J connectivity index is 0.00000364. The molecule has 2 aliphatic carbocycles. The number of benzene rings is 6. The van der Waals surface area contributed by atoms with E-state index in [4.69, 9.17) is 0 Å². The van der Waals surface area contributed by atoms with E-state index in [1.807, 2.05) is 17.8 Å². The van der Waals surface area contributed by atoms with Gasteiger partial charge in [0.1, 0.15) is 0 Å². The first-order chi connectivity index (χ1) is 22.6. The summed E-state index contributed by atoms with van der Waals surface area (Å²) in [6.07, 6.45) is 0. The van der Waals surface area contributed by atoms with Gasteiger partial charge in [0.05, 0.1) is 10.9 Å². The first-order valence-corrected chi connectivity index (χ1v) is 18.3. The van der Waals surface area contributed by atoms with Crippen LogP contribution in [0.4, 0.5) is 0 Å². The normalized spacial score (nSPS) is 15.0. The average Bonchev–Trinajstić information content (AvgIpc) is 3.45. The van der Waals surface area contributed by atoms with Crippen LogP contribution in [0.1, 0.15) is 74.7 Å². The Morgan fingerprint density at radius 1 is 0.500 bits per heavy atom. The van der Waals surface area contributed by atoms with Crippen molar-refractivity contribution < 1.29 is 4.79 Å². The van der Waals surface area contributed by atoms with Crippen LogP contribution in [0, 0.1) is 0 Å². The Kier molecular flexibility index (Phi) is 8.05. The van der Waals surface area contributed by atoms with Gasteiger partial charge in [0.15, 0.2) is 20.5 Å². The van der Waals surface area contributed by atoms with Crippen molar-refractivity contribution in [3.8, 4) is 22.3 Å². The number of Topliss-reactive ketones (excluding diaryl/α,β-unsaturated/α-hetero) is 1. The third-order valence-corrected chi connectivity index (χ3v) is 13.3. The number of carbonyl (C=O) groups excluding carboxylic acids is 1. The minimum atomic E-state index is -0.232. The lowest BCUT2D eigenvalue weighted by Gasteiger charge is -2.22. The molecule has 2 aliphatic rings. The van der Waals surface area contributed by atoms with Gasteiger partial charge in [-0.05, 0) is 124 Å². The summed E-state index contributed by atoms with van der Waals surface area (Å²) in [7, 11) is -0.232. The summed E-state index contributed by atoms with van der Waals surface area (Å²) in [4.78, 5) is 18.6. The molecule has 0 saturated heterocycles. The highest BCUT2D eigenvalue weighted by atomic mass is 32.2. The Labute approximate surface area is 292 Å². The van der Waals surface area contributed by atoms with Crippen LogP contribution in [0.3, 0.4) is 0 Å². The molecule has 48 heavy (non-hydrogen) atoms. The minimum Gasteiger partial charge on any atom is -0.295 e. The topological polar surface area (TPSA) is 17.1 Å². The van der Waals surface area contributed by atoms with Crippen LogP contribution in [0.15, 0.2) is 158 Å². The lowest BCUT2D eigenvalue weighted by Crippen LogP contribution is -2.16. The van der Waals surface area contributed by atoms with Gasteiger partial charge in [-0.2, -0.15) is 0 Å². The zero-order valence-electron chi connectivity index (χ0n) is 27.4. The predicted molar refractivity (Wildman–Crippen MR) is 204 cm³/mol. The van der Waals surface area contributed by atoms with E-state index in [1.54, 1.807) is 6.92 Å². The van der Waals surface area contributed by atoms with E-state index in [2.05, 4.69) is 155 Å². The Morgan fingerprint density at radius 3 is 1.71 bits per heavy atom. The Hall–Kier alpha value is -4.31. The summed E-state index contributed by atoms with van der Waals surface area (Å²) in [5.74, 6) is 0.111. The van der Waals surface area contributed by atoms with E-state index in [9.17, 15) is 4.79 Å². The summed E-state index contributed by atoms with van der Waals surface area (Å²) in [5, 5.41) is 0. The van der Waals surface area contributed by atoms with Crippen LogP contribution in [0.25, 0.3) is 22.3 Å². The molecule has 238 valence electrons. The number of hydrogen-bond donors (Lipinski definition) is 0. The van der Waals surface area contributed by atoms with Crippen LogP contribution >= 0.6 is 11.8 Å². The van der Waals surface area contributed by atoms with E-state index in [1.165, 1.54) is 69.0 Å². The van der Waals surface area contributed by atoms with Gasteiger partial charge in [0.2, 0.25) is 0 Å². The number of rotatable bonds is 6. The van der Waals surface area contributed by atoms with Crippen LogP contribution in [-0.4, -0.2) is 5.78 Å². The quantitative estimate of drug-likeness (QED) is 0.131. The molecule has 1 nitrogen and oxygen atoms in total. The SMILES string of the molecule is C.CC(=O)c1ccc2c(c1)C(C)(C)c1cc(Sc3ccc([S+](c4ccccc4)c4ccc5c(c4)C(C)(C)c4ccccc4-5)cc3)ccc1-2. The van der Waals surface area contributed by atoms with E-state index in [0.29, 0.717) is 0 Å². The smallest absolute Gasteiger partial charge is 0.166 e. The highest BCUT2D eigenvalue weighted by Crippen LogP contribution is 2.51. The van der Waals surface area contributed by atoms with Gasteiger partial charge in [-0.25, -0.2) is 0 Å². The maximum Gasteiger partial charge on any atom is 0.166 e. The van der Waals surface area contributed by atoms with Gasteiger partial charge in [0.25, 0.3) is 0 Å². The molecular formula is C45H41OS2+. The maximum absolute atomic E-state index is 12.1. The standard InChI is InChI=1S/C44H37OS2.CH4/c1-28(45)29-15-22-36-37-23-18-31(26-41(37)44(4,5)40(36)25-29)46-30-16-19-33(20-17-30)47(32-11-7-6-8-12-32)34-21-24-38-35-13-9-10-14-39(35)43(2,3)42(38)27-34;/h6-27H,1-5H3;1H4/q+1;. The molecule has 0 aromatic heterocycles. The van der Waals surface area contributed by atoms with E-state index >= 15 is 0 Å². The Morgan fingerprint density at radius 2 is 1.00 bits per heavy atom. The van der Waals surface area contributed by atoms with Crippen LogP contribution in [0.2, 0.25) is 0 Å². The molecule has 1 atom stereocenters. The molecule has 0 fully saturated rings. The van der Waals surface area contributed by atoms with Crippen molar-refractivity contribution in [2.75, 3.05) is 0 Å². The highest BCUT2D eigenvalue weighted by molar-refractivity contribution is 7.99. The van der Waals surface area contributed by atoms with E-state index in [0.717, 1.165) is 5.56 Å². The second kappa shape index (κ2) is 12.0. The van der Waals surface area contributed by atoms with Crippen molar-refractivity contribution in [2.24, 2.45) is 0 Å². The number of carbonyl (C=O) groups is 1. The molecule has 6 aromatic rings. The first kappa shape index (κ1) is 32.2. The average molecular weight is 662 g/mol. The van der Waals surface area contributed by atoms with Crippen LogP contribution < -0.4 is 0 Å². The van der Waals surface area contributed by atoms with Gasteiger partial charge in [0, 0.05) is 26.2 Å². The van der Waals surface area contributed by atoms with Crippen molar-refractivity contribution in [2.45, 2.75) is 77.4 Å². The van der Waals surface area contributed by atoms with Crippen LogP contribution in [0.5, 0.6) is 0 Å². The molecule has 0 bridgehead atoms. The molecule has 0 amide bonds. The summed E-state index contributed by atoms with van der Waals surface area (Å²) < 4.78 is 0. The van der Waals surface area contributed by atoms with Crippen molar-refractivity contribution >= 4 is 28.4 Å². The predicted octanol–water partition coefficient (Wildman–Crippen LogP) is 12.4. The van der Waals surface area contributed by atoms with Crippen molar-refractivity contribution in [3.05, 3.63) is 161 Å². The fourth-order valence-electron chi connectivity index (χ4n) is 7.55. The molecule has 0 heterocycles. The van der Waals surface area contributed by atoms with Gasteiger partial charge in [-0.1, -0.05) is 108 Å². The molecule has 0 spiro atoms. The van der Waals surface area contributed by atoms with Gasteiger partial charge < -0.3 is 0 Å². The van der Waals surface area contributed by atoms with Crippen molar-refractivity contribution in [3.63, 3.8) is 0 Å². The number of fused-ring (bicyclic) bond motifs is 6. The third kappa shape index (κ3) is 5.16. The second-order valence-corrected chi connectivity index (χ2v) is 16.9. The van der Waals surface area contributed by atoms with Crippen molar-refractivity contribution in [1.82, 2.24) is 0 Å². The lowest BCUT2D eigenvalue weighted by molar-refractivity contribution is 0.101. The van der Waals surface area contributed by atoms with Gasteiger partial charge in [-0.15, -0.1) is 0 Å². The lowest BCUT2D eigenvalue weighted by atomic mass is 9.82. The molecule has 0 radical (unpaired) electrons. The fraction of sp³-hybridized carbons (Fsp3) is 0.178. The molecule has 0 N–H and O–H groups in total. The summed E-state index contributed by atoms with van der Waals surface area (Å²) in [6, 6.07) is 49.2. The molecular weight excluding hydrogens is 621 g/mol. The first-order valence-electron chi connectivity index (χ1n) is 16.2. The molecule has 1 unspecified atom stereocenters. The largest absolute Gasteiger partial charge is 0.295 e. The zero-order valence-corrected chi connectivity index (χ0v) is 29.1. The van der Waals surface area contributed by atoms with E-state index in [-0.39, 0.29) is 34.9 Å². The monoisotopic (exact) mass is 661 g/mol. The summed E-state index contributed by atoms with van der Waals surface area (Å²) in [6.45, 7) is 10.9. The highest BCUT2D eigenvalue weighted by Gasteiger charge is 2.39. The summed E-state index contributed by atoms with van der Waals surface area (Å²) >= 11 is 1.81. The van der Waals surface area contributed by atoms with Crippen molar-refractivity contribution in [1.29, 1.82) is 0 Å². The van der Waals surface area contributed by atoms with Crippen LogP contribution in [-0.2, 0) is 21.7 Å². The third-order valence-electron chi connectivity index (χ3n) is 10.1. The molecule has 3 heteroatoms. The second-order valence-electron chi connectivity index (χ2n) is 13.7. The molecule has 6 aromatic carbocycles.